The van der Waals surface area contributed by atoms with Gasteiger partial charge in [0.05, 0.1) is 0 Å². The molecular formula is C14H16O. The number of benzene rings is 1. The third kappa shape index (κ3) is 2.30. The van der Waals surface area contributed by atoms with Gasteiger partial charge in [-0.3, -0.25) is 0 Å². The minimum absolute atomic E-state index is 0.333. The van der Waals surface area contributed by atoms with Gasteiger partial charge in [0.1, 0.15) is 5.75 Å². The topological polar surface area (TPSA) is 20.2 Å². The summed E-state index contributed by atoms with van der Waals surface area (Å²) >= 11 is 0. The number of phenolic OH excluding ortho intramolecular Hbond substituents is 1. The molecule has 1 nitrogen and oxygen atoms in total. The van der Waals surface area contributed by atoms with E-state index in [1.807, 2.05) is 12.1 Å². The van der Waals surface area contributed by atoms with E-state index in [2.05, 4.69) is 19.1 Å². The number of hydrogen-bond donors (Lipinski definition) is 1. The Morgan fingerprint density at radius 1 is 1.07 bits per heavy atom. The van der Waals surface area contributed by atoms with Gasteiger partial charge in [0, 0.05) is 0 Å². The van der Waals surface area contributed by atoms with Crippen LogP contribution in [0, 0.1) is 0 Å². The summed E-state index contributed by atoms with van der Waals surface area (Å²) in [5.41, 5.74) is 4.11. The minimum Gasteiger partial charge on any atom is -0.508 e. The molecule has 0 atom stereocenters. The molecule has 0 heterocycles. The molecule has 0 aliphatic heterocycles. The maximum Gasteiger partial charge on any atom is 0.115 e. The fourth-order valence-electron chi connectivity index (χ4n) is 1.89. The van der Waals surface area contributed by atoms with E-state index >= 15 is 0 Å². The highest BCUT2D eigenvalue weighted by molar-refractivity contribution is 5.69. The van der Waals surface area contributed by atoms with Crippen molar-refractivity contribution in [1.82, 2.24) is 0 Å². The van der Waals surface area contributed by atoms with E-state index in [9.17, 15) is 5.11 Å². The van der Waals surface area contributed by atoms with E-state index in [0.717, 1.165) is 12.8 Å². The summed E-state index contributed by atoms with van der Waals surface area (Å²) in [6.45, 7) is 2.20. The lowest BCUT2D eigenvalue weighted by atomic mass is 9.92. The van der Waals surface area contributed by atoms with Gasteiger partial charge in [-0.1, -0.05) is 36.8 Å². The van der Waals surface area contributed by atoms with Gasteiger partial charge in [-0.05, 0) is 42.5 Å². The first-order valence-corrected chi connectivity index (χ1v) is 5.47. The largest absolute Gasteiger partial charge is 0.508 e. The van der Waals surface area contributed by atoms with Gasteiger partial charge >= 0.3 is 0 Å². The normalized spacial score (nSPS) is 15.8. The molecule has 1 N–H and O–H groups in total. The number of aromatic hydroxyl groups is 1. The van der Waals surface area contributed by atoms with Crippen LogP contribution in [-0.2, 0) is 0 Å². The van der Waals surface area contributed by atoms with Crippen LogP contribution < -0.4 is 0 Å². The van der Waals surface area contributed by atoms with Crippen LogP contribution in [0.1, 0.15) is 31.7 Å². The molecule has 1 aliphatic rings. The molecule has 0 amide bonds. The quantitative estimate of drug-likeness (QED) is 0.767. The van der Waals surface area contributed by atoms with Crippen molar-refractivity contribution in [2.75, 3.05) is 0 Å². The van der Waals surface area contributed by atoms with E-state index in [0.29, 0.717) is 5.75 Å². The zero-order chi connectivity index (χ0) is 10.7. The third-order valence-corrected chi connectivity index (χ3v) is 2.93. The monoisotopic (exact) mass is 200 g/mol. The molecule has 1 aromatic carbocycles. The molecule has 1 aliphatic carbocycles. The maximum atomic E-state index is 9.20. The summed E-state index contributed by atoms with van der Waals surface area (Å²) in [6.07, 6.45) is 7.87. The summed E-state index contributed by atoms with van der Waals surface area (Å²) < 4.78 is 0. The summed E-state index contributed by atoms with van der Waals surface area (Å²) in [4.78, 5) is 0. The first-order valence-electron chi connectivity index (χ1n) is 5.47. The molecule has 0 aromatic heterocycles. The number of allylic oxidation sites excluding steroid dienone is 4. The Morgan fingerprint density at radius 2 is 1.80 bits per heavy atom. The van der Waals surface area contributed by atoms with Crippen LogP contribution in [-0.4, -0.2) is 5.11 Å². The Bertz CT molecular complexity index is 396. The Labute approximate surface area is 90.8 Å². The fraction of sp³-hybridized carbons (Fsp3) is 0.286. The third-order valence-electron chi connectivity index (χ3n) is 2.93. The zero-order valence-corrected chi connectivity index (χ0v) is 9.03. The SMILES string of the molecule is CCC1=CC=C(c2ccc(O)cc2)CC1. The molecule has 0 saturated carbocycles. The predicted molar refractivity (Wildman–Crippen MR) is 63.7 cm³/mol. The molecule has 0 saturated heterocycles. The Morgan fingerprint density at radius 3 is 2.33 bits per heavy atom. The highest BCUT2D eigenvalue weighted by Gasteiger charge is 2.06. The number of hydrogen-bond acceptors (Lipinski definition) is 1. The molecule has 0 unspecified atom stereocenters. The molecule has 0 spiro atoms. The predicted octanol–water partition coefficient (Wildman–Crippen LogP) is 3.91. The summed E-state index contributed by atoms with van der Waals surface area (Å²) in [7, 11) is 0. The van der Waals surface area contributed by atoms with Gasteiger partial charge in [-0.15, -0.1) is 0 Å². The van der Waals surface area contributed by atoms with E-state index in [-0.39, 0.29) is 0 Å². The van der Waals surface area contributed by atoms with Crippen LogP contribution in [0.25, 0.3) is 5.57 Å². The lowest BCUT2D eigenvalue weighted by molar-refractivity contribution is 0.475. The van der Waals surface area contributed by atoms with Crippen molar-refractivity contribution in [2.45, 2.75) is 26.2 Å². The van der Waals surface area contributed by atoms with Crippen molar-refractivity contribution in [2.24, 2.45) is 0 Å². The molecule has 2 rings (SSSR count). The van der Waals surface area contributed by atoms with E-state index in [4.69, 9.17) is 0 Å². The van der Waals surface area contributed by atoms with Crippen LogP contribution in [0.4, 0.5) is 0 Å². The van der Waals surface area contributed by atoms with Gasteiger partial charge in [-0.25, -0.2) is 0 Å². The van der Waals surface area contributed by atoms with Gasteiger partial charge < -0.3 is 5.11 Å². The Kier molecular flexibility index (Phi) is 2.91. The summed E-state index contributed by atoms with van der Waals surface area (Å²) in [5.74, 6) is 0.333. The second-order valence-corrected chi connectivity index (χ2v) is 3.92. The van der Waals surface area contributed by atoms with Gasteiger partial charge in [0.15, 0.2) is 0 Å². The highest BCUT2D eigenvalue weighted by Crippen LogP contribution is 2.28. The number of phenols is 1. The Balaban J connectivity index is 2.22. The molecule has 78 valence electrons. The smallest absolute Gasteiger partial charge is 0.115 e. The van der Waals surface area contributed by atoms with E-state index in [1.54, 1.807) is 12.1 Å². The van der Waals surface area contributed by atoms with Gasteiger partial charge in [0.2, 0.25) is 0 Å². The van der Waals surface area contributed by atoms with Crippen LogP contribution in [0.15, 0.2) is 42.0 Å². The second kappa shape index (κ2) is 4.35. The molecule has 0 fully saturated rings. The van der Waals surface area contributed by atoms with Crippen molar-refractivity contribution in [3.05, 3.63) is 47.6 Å². The van der Waals surface area contributed by atoms with Crippen molar-refractivity contribution in [3.63, 3.8) is 0 Å². The zero-order valence-electron chi connectivity index (χ0n) is 9.03. The molecule has 15 heavy (non-hydrogen) atoms. The maximum absolute atomic E-state index is 9.20. The van der Waals surface area contributed by atoms with Crippen LogP contribution >= 0.6 is 0 Å². The van der Waals surface area contributed by atoms with Crippen LogP contribution in [0.5, 0.6) is 5.75 Å². The van der Waals surface area contributed by atoms with E-state index < -0.39 is 0 Å². The molecule has 0 bridgehead atoms. The first-order chi connectivity index (χ1) is 7.29. The van der Waals surface area contributed by atoms with Gasteiger partial charge in [0.25, 0.3) is 0 Å². The van der Waals surface area contributed by atoms with Crippen molar-refractivity contribution in [1.29, 1.82) is 0 Å². The van der Waals surface area contributed by atoms with Crippen molar-refractivity contribution < 1.29 is 5.11 Å². The first kappa shape index (κ1) is 10.0. The average molecular weight is 200 g/mol. The standard InChI is InChI=1S/C14H16O/c1-2-11-3-5-12(6-4-11)13-7-9-14(15)10-8-13/h3,5,7-10,15H,2,4,6H2,1H3. The average Bonchev–Trinajstić information content (AvgIpc) is 2.30. The van der Waals surface area contributed by atoms with Gasteiger partial charge in [-0.2, -0.15) is 0 Å². The Hall–Kier alpha value is -1.50. The lowest BCUT2D eigenvalue weighted by Gasteiger charge is -2.13. The summed E-state index contributed by atoms with van der Waals surface area (Å²) in [5, 5.41) is 9.20. The van der Waals surface area contributed by atoms with Crippen LogP contribution in [0.3, 0.4) is 0 Å². The molecule has 1 aromatic rings. The van der Waals surface area contributed by atoms with E-state index in [1.165, 1.54) is 23.1 Å². The lowest BCUT2D eigenvalue weighted by Crippen LogP contribution is -1.92. The fourth-order valence-corrected chi connectivity index (χ4v) is 1.89. The van der Waals surface area contributed by atoms with Crippen LogP contribution in [0.2, 0.25) is 0 Å². The molecule has 1 heteroatoms. The minimum atomic E-state index is 0.333. The number of rotatable bonds is 2. The van der Waals surface area contributed by atoms with Crippen molar-refractivity contribution in [3.8, 4) is 5.75 Å². The second-order valence-electron chi connectivity index (χ2n) is 3.92. The molecular weight excluding hydrogens is 184 g/mol. The highest BCUT2D eigenvalue weighted by atomic mass is 16.3. The molecule has 0 radical (unpaired) electrons. The summed E-state index contributed by atoms with van der Waals surface area (Å²) in [6, 6.07) is 7.45. The van der Waals surface area contributed by atoms with Crippen molar-refractivity contribution >= 4 is 5.57 Å².